The van der Waals surface area contributed by atoms with Crippen LogP contribution in [-0.2, 0) is 4.79 Å². The van der Waals surface area contributed by atoms with Gasteiger partial charge in [0.15, 0.2) is 0 Å². The fourth-order valence-corrected chi connectivity index (χ4v) is 2.54. The van der Waals surface area contributed by atoms with Crippen LogP contribution >= 0.6 is 0 Å². The summed E-state index contributed by atoms with van der Waals surface area (Å²) in [5, 5.41) is 3.30. The molecule has 2 heterocycles. The Hall–Kier alpha value is -0.610. The third-order valence-corrected chi connectivity index (χ3v) is 3.71. The Balaban J connectivity index is 1.95. The van der Waals surface area contributed by atoms with Gasteiger partial charge in [0.05, 0.1) is 6.04 Å². The minimum Gasteiger partial charge on any atom is -0.337 e. The first kappa shape index (κ1) is 10.9. The first-order chi connectivity index (χ1) is 7.20. The van der Waals surface area contributed by atoms with Crippen molar-refractivity contribution in [1.29, 1.82) is 0 Å². The molecule has 0 aromatic carbocycles. The smallest absolute Gasteiger partial charge is 0.239 e. The summed E-state index contributed by atoms with van der Waals surface area (Å²) in [6.07, 6.45) is 4.29. The number of hydrogen-bond acceptors (Lipinski definition) is 3. The number of nitrogens with two attached hydrogens (primary N) is 1. The van der Waals surface area contributed by atoms with Gasteiger partial charge in [0.25, 0.3) is 0 Å². The standard InChI is InChI=1S/C11H21N3O/c1-8-9(12)5-7-14(8)11(15)10-4-2-3-6-13-10/h8-10,13H,2-7,12H2,1H3. The number of carbonyl (C=O) groups is 1. The highest BCUT2D eigenvalue weighted by molar-refractivity contribution is 5.82. The van der Waals surface area contributed by atoms with Gasteiger partial charge in [-0.2, -0.15) is 0 Å². The Labute approximate surface area is 91.2 Å². The molecule has 2 fully saturated rings. The van der Waals surface area contributed by atoms with Gasteiger partial charge in [-0.15, -0.1) is 0 Å². The quantitative estimate of drug-likeness (QED) is 0.645. The number of nitrogens with one attached hydrogen (secondary N) is 1. The monoisotopic (exact) mass is 211 g/mol. The maximum Gasteiger partial charge on any atom is 0.239 e. The highest BCUT2D eigenvalue weighted by Crippen LogP contribution is 2.19. The third kappa shape index (κ3) is 2.16. The van der Waals surface area contributed by atoms with E-state index in [0.29, 0.717) is 0 Å². The first-order valence-corrected chi connectivity index (χ1v) is 5.99. The van der Waals surface area contributed by atoms with E-state index in [0.717, 1.165) is 32.4 Å². The van der Waals surface area contributed by atoms with Crippen molar-refractivity contribution in [1.82, 2.24) is 10.2 Å². The van der Waals surface area contributed by atoms with Gasteiger partial charge in [0.2, 0.25) is 5.91 Å². The predicted octanol–water partition coefficient (Wildman–Crippen LogP) is 0.0766. The van der Waals surface area contributed by atoms with Crippen LogP contribution in [0.15, 0.2) is 0 Å². The van der Waals surface area contributed by atoms with E-state index in [1.807, 2.05) is 4.90 Å². The predicted molar refractivity (Wildman–Crippen MR) is 59.4 cm³/mol. The van der Waals surface area contributed by atoms with Gasteiger partial charge in [0.1, 0.15) is 0 Å². The molecule has 2 saturated heterocycles. The molecule has 0 aromatic heterocycles. The molecule has 3 unspecified atom stereocenters. The molecule has 2 aliphatic rings. The molecule has 2 aliphatic heterocycles. The Morgan fingerprint density at radius 3 is 2.73 bits per heavy atom. The molecule has 86 valence electrons. The SMILES string of the molecule is CC1C(N)CCN1C(=O)C1CCCCN1. The zero-order valence-electron chi connectivity index (χ0n) is 9.41. The second kappa shape index (κ2) is 4.49. The van der Waals surface area contributed by atoms with E-state index in [4.69, 9.17) is 5.73 Å². The molecule has 2 rings (SSSR count). The highest BCUT2D eigenvalue weighted by Gasteiger charge is 2.35. The summed E-state index contributed by atoms with van der Waals surface area (Å²) >= 11 is 0. The van der Waals surface area contributed by atoms with Gasteiger partial charge in [0, 0.05) is 18.6 Å². The molecule has 0 radical (unpaired) electrons. The van der Waals surface area contributed by atoms with Crippen molar-refractivity contribution in [3.63, 3.8) is 0 Å². The Morgan fingerprint density at radius 2 is 2.20 bits per heavy atom. The summed E-state index contributed by atoms with van der Waals surface area (Å²) in [5.41, 5.74) is 5.92. The molecule has 0 spiro atoms. The number of rotatable bonds is 1. The molecule has 3 atom stereocenters. The van der Waals surface area contributed by atoms with Crippen LogP contribution in [-0.4, -0.2) is 42.0 Å². The van der Waals surface area contributed by atoms with E-state index in [-0.39, 0.29) is 24.0 Å². The average Bonchev–Trinajstić information content (AvgIpc) is 2.60. The number of hydrogen-bond donors (Lipinski definition) is 2. The normalized spacial score (nSPS) is 36.9. The van der Waals surface area contributed by atoms with Crippen LogP contribution in [0.2, 0.25) is 0 Å². The van der Waals surface area contributed by atoms with Gasteiger partial charge in [-0.05, 0) is 32.7 Å². The highest BCUT2D eigenvalue weighted by atomic mass is 16.2. The molecular formula is C11H21N3O. The van der Waals surface area contributed by atoms with Crippen LogP contribution < -0.4 is 11.1 Å². The summed E-state index contributed by atoms with van der Waals surface area (Å²) in [6, 6.07) is 0.422. The van der Waals surface area contributed by atoms with E-state index in [9.17, 15) is 4.79 Å². The minimum atomic E-state index is 0.0477. The molecule has 0 aliphatic carbocycles. The minimum absolute atomic E-state index is 0.0477. The maximum atomic E-state index is 12.2. The molecule has 15 heavy (non-hydrogen) atoms. The van der Waals surface area contributed by atoms with Crippen molar-refractivity contribution >= 4 is 5.91 Å². The van der Waals surface area contributed by atoms with Crippen molar-refractivity contribution in [2.75, 3.05) is 13.1 Å². The molecule has 0 saturated carbocycles. The van der Waals surface area contributed by atoms with Gasteiger partial charge in [-0.1, -0.05) is 6.42 Å². The van der Waals surface area contributed by atoms with Crippen molar-refractivity contribution in [2.24, 2.45) is 5.73 Å². The number of nitrogens with zero attached hydrogens (tertiary/aromatic N) is 1. The Morgan fingerprint density at radius 1 is 1.40 bits per heavy atom. The molecular weight excluding hydrogens is 190 g/mol. The fourth-order valence-electron chi connectivity index (χ4n) is 2.54. The van der Waals surface area contributed by atoms with E-state index in [2.05, 4.69) is 12.2 Å². The lowest BCUT2D eigenvalue weighted by Crippen LogP contribution is -2.51. The summed E-state index contributed by atoms with van der Waals surface area (Å²) < 4.78 is 0. The van der Waals surface area contributed by atoms with Crippen LogP contribution in [0.25, 0.3) is 0 Å². The lowest BCUT2D eigenvalue weighted by Gasteiger charge is -2.30. The fraction of sp³-hybridized carbons (Fsp3) is 0.909. The molecule has 4 nitrogen and oxygen atoms in total. The van der Waals surface area contributed by atoms with E-state index in [1.165, 1.54) is 6.42 Å². The van der Waals surface area contributed by atoms with Crippen LogP contribution in [0.1, 0.15) is 32.6 Å². The number of amides is 1. The van der Waals surface area contributed by atoms with Crippen LogP contribution in [0.3, 0.4) is 0 Å². The first-order valence-electron chi connectivity index (χ1n) is 5.99. The molecule has 1 amide bonds. The van der Waals surface area contributed by atoms with Crippen LogP contribution in [0.5, 0.6) is 0 Å². The molecule has 0 bridgehead atoms. The summed E-state index contributed by atoms with van der Waals surface area (Å²) in [7, 11) is 0. The number of carbonyl (C=O) groups excluding carboxylic acids is 1. The second-order valence-corrected chi connectivity index (χ2v) is 4.73. The third-order valence-electron chi connectivity index (χ3n) is 3.71. The summed E-state index contributed by atoms with van der Waals surface area (Å²) in [4.78, 5) is 14.1. The Kier molecular flexibility index (Phi) is 3.26. The van der Waals surface area contributed by atoms with Gasteiger partial charge >= 0.3 is 0 Å². The zero-order chi connectivity index (χ0) is 10.8. The average molecular weight is 211 g/mol. The largest absolute Gasteiger partial charge is 0.337 e. The molecule has 4 heteroatoms. The number of piperidine rings is 1. The molecule has 3 N–H and O–H groups in total. The maximum absolute atomic E-state index is 12.2. The Bertz CT molecular complexity index is 238. The van der Waals surface area contributed by atoms with Crippen molar-refractivity contribution in [2.45, 2.75) is 50.7 Å². The van der Waals surface area contributed by atoms with Crippen molar-refractivity contribution in [3.8, 4) is 0 Å². The summed E-state index contributed by atoms with van der Waals surface area (Å²) in [6.45, 7) is 3.86. The van der Waals surface area contributed by atoms with E-state index >= 15 is 0 Å². The zero-order valence-corrected chi connectivity index (χ0v) is 9.41. The number of likely N-dealkylation sites (tertiary alicyclic amines) is 1. The van der Waals surface area contributed by atoms with Gasteiger partial charge in [-0.25, -0.2) is 0 Å². The van der Waals surface area contributed by atoms with Crippen molar-refractivity contribution < 1.29 is 4.79 Å². The summed E-state index contributed by atoms with van der Waals surface area (Å²) in [5.74, 6) is 0.259. The lowest BCUT2D eigenvalue weighted by atomic mass is 10.0. The van der Waals surface area contributed by atoms with E-state index in [1.54, 1.807) is 0 Å². The van der Waals surface area contributed by atoms with Gasteiger partial charge < -0.3 is 16.0 Å². The lowest BCUT2D eigenvalue weighted by molar-refractivity contribution is -0.134. The van der Waals surface area contributed by atoms with Crippen LogP contribution in [0, 0.1) is 0 Å². The van der Waals surface area contributed by atoms with Crippen molar-refractivity contribution in [3.05, 3.63) is 0 Å². The van der Waals surface area contributed by atoms with E-state index < -0.39 is 0 Å². The van der Waals surface area contributed by atoms with Gasteiger partial charge in [-0.3, -0.25) is 4.79 Å². The molecule has 0 aromatic rings. The topological polar surface area (TPSA) is 58.4 Å². The van der Waals surface area contributed by atoms with Crippen LogP contribution in [0.4, 0.5) is 0 Å². The second-order valence-electron chi connectivity index (χ2n) is 4.73.